The molecule has 0 spiro atoms. The highest BCUT2D eigenvalue weighted by Crippen LogP contribution is 2.47. The summed E-state index contributed by atoms with van der Waals surface area (Å²) in [6.45, 7) is 4.63. The molecule has 0 N–H and O–H groups in total. The van der Waals surface area contributed by atoms with Crippen molar-refractivity contribution in [3.63, 3.8) is 0 Å². The van der Waals surface area contributed by atoms with Gasteiger partial charge in [-0.2, -0.15) is 11.8 Å². The fraction of sp³-hybridized carbons (Fsp3) is 0.600. The van der Waals surface area contributed by atoms with Crippen LogP contribution in [0.15, 0.2) is 12.1 Å². The maximum Gasteiger partial charge on any atom is 0.161 e. The molecule has 0 aliphatic carbocycles. The topological polar surface area (TPSA) is 18.5 Å². The Morgan fingerprint density at radius 2 is 1.89 bits per heavy atom. The highest BCUT2D eigenvalue weighted by Gasteiger charge is 2.31. The van der Waals surface area contributed by atoms with Crippen molar-refractivity contribution in [3.8, 4) is 11.5 Å². The smallest absolute Gasteiger partial charge is 0.161 e. The van der Waals surface area contributed by atoms with Crippen LogP contribution in [0.25, 0.3) is 0 Å². The van der Waals surface area contributed by atoms with E-state index < -0.39 is 0 Å². The van der Waals surface area contributed by atoms with Gasteiger partial charge in [-0.3, -0.25) is 0 Å². The molecule has 1 atom stereocenters. The van der Waals surface area contributed by atoms with Crippen LogP contribution in [0.5, 0.6) is 11.5 Å². The molecule has 1 unspecified atom stereocenters. The first-order chi connectivity index (χ1) is 9.03. The zero-order valence-electron chi connectivity index (χ0n) is 12.0. The van der Waals surface area contributed by atoms with E-state index in [1.807, 2.05) is 11.8 Å². The lowest BCUT2D eigenvalue weighted by atomic mass is 9.79. The Kier molecular flexibility index (Phi) is 4.72. The minimum atomic E-state index is 0.179. The van der Waals surface area contributed by atoms with Gasteiger partial charge in [0.1, 0.15) is 0 Å². The first-order valence-electron chi connectivity index (χ1n) is 6.47. The van der Waals surface area contributed by atoms with Crippen LogP contribution in [-0.2, 0) is 5.41 Å². The maximum atomic E-state index is 5.46. The van der Waals surface area contributed by atoms with Gasteiger partial charge in [0.25, 0.3) is 0 Å². The molecular weight excluding hydrogens is 324 g/mol. The van der Waals surface area contributed by atoms with E-state index in [1.54, 1.807) is 14.2 Å². The molecule has 0 saturated carbocycles. The van der Waals surface area contributed by atoms with Crippen LogP contribution < -0.4 is 9.47 Å². The largest absolute Gasteiger partial charge is 0.493 e. The summed E-state index contributed by atoms with van der Waals surface area (Å²) in [5.74, 6) is 2.84. The number of hydrogen-bond acceptors (Lipinski definition) is 3. The normalized spacial score (nSPS) is 21.4. The summed E-state index contributed by atoms with van der Waals surface area (Å²) in [5, 5.41) is 1.45. The third-order valence-corrected chi connectivity index (χ3v) is 6.16. The first kappa shape index (κ1) is 15.0. The molecule has 0 saturated heterocycles. The summed E-state index contributed by atoms with van der Waals surface area (Å²) < 4.78 is 10.9. The molecule has 0 aromatic heterocycles. The fourth-order valence-electron chi connectivity index (χ4n) is 2.56. The number of ether oxygens (including phenoxy) is 2. The minimum Gasteiger partial charge on any atom is -0.493 e. The summed E-state index contributed by atoms with van der Waals surface area (Å²) in [7, 11) is 3.40. The third-order valence-electron chi connectivity index (χ3n) is 3.82. The second kappa shape index (κ2) is 5.96. The van der Waals surface area contributed by atoms with Gasteiger partial charge < -0.3 is 9.47 Å². The van der Waals surface area contributed by atoms with Gasteiger partial charge in [-0.25, -0.2) is 0 Å². The molecule has 2 nitrogen and oxygen atoms in total. The number of alkyl halides is 1. The highest BCUT2D eigenvalue weighted by molar-refractivity contribution is 9.09. The van der Waals surface area contributed by atoms with E-state index in [1.165, 1.54) is 23.3 Å². The number of methoxy groups -OCH3 is 2. The van der Waals surface area contributed by atoms with E-state index in [-0.39, 0.29) is 5.41 Å². The zero-order valence-corrected chi connectivity index (χ0v) is 14.4. The maximum absolute atomic E-state index is 5.46. The van der Waals surface area contributed by atoms with E-state index in [4.69, 9.17) is 9.47 Å². The van der Waals surface area contributed by atoms with Gasteiger partial charge in [-0.05, 0) is 40.8 Å². The fourth-order valence-corrected chi connectivity index (χ4v) is 4.84. The van der Waals surface area contributed by atoms with Gasteiger partial charge in [-0.15, -0.1) is 0 Å². The number of halogens is 1. The second-order valence-electron chi connectivity index (χ2n) is 5.44. The Labute approximate surface area is 128 Å². The van der Waals surface area contributed by atoms with Crippen molar-refractivity contribution in [2.45, 2.75) is 30.9 Å². The summed E-state index contributed by atoms with van der Waals surface area (Å²) in [4.78, 5) is 0. The van der Waals surface area contributed by atoms with Crippen molar-refractivity contribution in [2.24, 2.45) is 0 Å². The number of rotatable bonds is 3. The minimum absolute atomic E-state index is 0.179. The van der Waals surface area contributed by atoms with Gasteiger partial charge in [0, 0.05) is 10.6 Å². The van der Waals surface area contributed by atoms with Crippen molar-refractivity contribution >= 4 is 27.7 Å². The van der Waals surface area contributed by atoms with E-state index in [9.17, 15) is 0 Å². The molecule has 1 aromatic rings. The van der Waals surface area contributed by atoms with Crippen LogP contribution in [0.4, 0.5) is 0 Å². The van der Waals surface area contributed by atoms with Crippen molar-refractivity contribution in [3.05, 3.63) is 23.3 Å². The van der Waals surface area contributed by atoms with Gasteiger partial charge in [0.15, 0.2) is 11.5 Å². The quantitative estimate of drug-likeness (QED) is 0.749. The number of benzene rings is 1. The lowest BCUT2D eigenvalue weighted by Crippen LogP contribution is -2.19. The Bertz CT molecular complexity index is 460. The molecule has 4 heteroatoms. The van der Waals surface area contributed by atoms with Gasteiger partial charge in [0.2, 0.25) is 0 Å². The van der Waals surface area contributed by atoms with Crippen molar-refractivity contribution in [1.82, 2.24) is 0 Å². The summed E-state index contributed by atoms with van der Waals surface area (Å²) >= 11 is 5.66. The van der Waals surface area contributed by atoms with Crippen LogP contribution in [0.1, 0.15) is 36.6 Å². The van der Waals surface area contributed by atoms with Crippen LogP contribution in [-0.4, -0.2) is 25.3 Å². The van der Waals surface area contributed by atoms with Crippen LogP contribution in [0, 0.1) is 0 Å². The van der Waals surface area contributed by atoms with E-state index in [0.29, 0.717) is 5.25 Å². The Morgan fingerprint density at radius 1 is 1.26 bits per heavy atom. The lowest BCUT2D eigenvalue weighted by molar-refractivity contribution is 0.352. The molecule has 19 heavy (non-hydrogen) atoms. The molecule has 0 fully saturated rings. The molecule has 0 amide bonds. The number of thioether (sulfide) groups is 1. The summed E-state index contributed by atoms with van der Waals surface area (Å²) in [6, 6.07) is 4.32. The predicted molar refractivity (Wildman–Crippen MR) is 86.2 cm³/mol. The molecule has 1 aliphatic rings. The molecule has 0 bridgehead atoms. The second-order valence-corrected chi connectivity index (χ2v) is 7.40. The van der Waals surface area contributed by atoms with Crippen LogP contribution in [0.3, 0.4) is 0 Å². The predicted octanol–water partition coefficient (Wildman–Crippen LogP) is 4.55. The van der Waals surface area contributed by atoms with Crippen molar-refractivity contribution in [2.75, 3.05) is 25.3 Å². The van der Waals surface area contributed by atoms with E-state index in [0.717, 1.165) is 16.8 Å². The lowest BCUT2D eigenvalue weighted by Gasteiger charge is -2.27. The molecular formula is C15H21BrO2S. The van der Waals surface area contributed by atoms with E-state index >= 15 is 0 Å². The van der Waals surface area contributed by atoms with E-state index in [2.05, 4.69) is 41.9 Å². The van der Waals surface area contributed by atoms with Crippen molar-refractivity contribution in [1.29, 1.82) is 0 Å². The number of hydrogen-bond donors (Lipinski definition) is 0. The molecule has 106 valence electrons. The molecule has 1 aromatic carbocycles. The highest BCUT2D eigenvalue weighted by atomic mass is 79.9. The molecule has 1 aliphatic heterocycles. The average Bonchev–Trinajstić information content (AvgIpc) is 2.53. The standard InChI is InChI=1S/C15H21BrO2S/c1-15(2)5-6-19-14(9-16)10-7-12(17-3)13(18-4)8-11(10)15/h7-8,14H,5-6,9H2,1-4H3. The molecule has 2 rings (SSSR count). The van der Waals surface area contributed by atoms with Gasteiger partial charge >= 0.3 is 0 Å². The van der Waals surface area contributed by atoms with Crippen LogP contribution >= 0.6 is 27.7 Å². The molecule has 1 heterocycles. The third kappa shape index (κ3) is 2.89. The Morgan fingerprint density at radius 3 is 2.47 bits per heavy atom. The van der Waals surface area contributed by atoms with Gasteiger partial charge in [-0.1, -0.05) is 29.8 Å². The van der Waals surface area contributed by atoms with Gasteiger partial charge in [0.05, 0.1) is 14.2 Å². The first-order valence-corrected chi connectivity index (χ1v) is 8.64. The van der Waals surface area contributed by atoms with Crippen LogP contribution in [0.2, 0.25) is 0 Å². The average molecular weight is 345 g/mol. The Hall–Kier alpha value is -0.350. The molecule has 0 radical (unpaired) electrons. The Balaban J connectivity index is 2.62. The monoisotopic (exact) mass is 344 g/mol. The number of fused-ring (bicyclic) bond motifs is 1. The SMILES string of the molecule is COc1cc2c(cc1OC)C(C)(C)CCSC2CBr. The zero-order chi connectivity index (χ0) is 14.0. The van der Waals surface area contributed by atoms with Crippen molar-refractivity contribution < 1.29 is 9.47 Å². The summed E-state index contributed by atoms with van der Waals surface area (Å²) in [5.41, 5.74) is 2.94. The summed E-state index contributed by atoms with van der Waals surface area (Å²) in [6.07, 6.45) is 1.18.